The van der Waals surface area contributed by atoms with Crippen LogP contribution in [-0.4, -0.2) is 56.1 Å². The van der Waals surface area contributed by atoms with Crippen LogP contribution in [0.5, 0.6) is 0 Å². The van der Waals surface area contributed by atoms with Crippen molar-refractivity contribution in [2.45, 2.75) is 32.4 Å². The average molecular weight is 281 g/mol. The van der Waals surface area contributed by atoms with E-state index in [1.54, 1.807) is 0 Å². The highest BCUT2D eigenvalue weighted by molar-refractivity contribution is 7.10. The first kappa shape index (κ1) is 15.0. The highest BCUT2D eigenvalue weighted by Crippen LogP contribution is 2.29. The minimum atomic E-state index is 0.465. The van der Waals surface area contributed by atoms with Gasteiger partial charge < -0.3 is 10.2 Å². The largest absolute Gasteiger partial charge is 0.308 e. The maximum Gasteiger partial charge on any atom is 0.0587 e. The van der Waals surface area contributed by atoms with E-state index < -0.39 is 0 Å². The lowest BCUT2D eigenvalue weighted by molar-refractivity contribution is 0.0883. The molecule has 2 rings (SSSR count). The van der Waals surface area contributed by atoms with Crippen LogP contribution >= 0.6 is 11.3 Å². The summed E-state index contributed by atoms with van der Waals surface area (Å²) in [4.78, 5) is 6.49. The normalized spacial score (nSPS) is 23.7. The molecule has 0 bridgehead atoms. The summed E-state index contributed by atoms with van der Waals surface area (Å²) in [6, 6.07) is 3.28. The Morgan fingerprint density at radius 1 is 1.42 bits per heavy atom. The quantitative estimate of drug-likeness (QED) is 0.894. The van der Waals surface area contributed by atoms with Crippen LogP contribution in [0.15, 0.2) is 11.4 Å². The fraction of sp³-hybridized carbons (Fsp3) is 0.733. The fourth-order valence-electron chi connectivity index (χ4n) is 2.81. The second kappa shape index (κ2) is 6.84. The number of rotatable bonds is 5. The van der Waals surface area contributed by atoms with Crippen molar-refractivity contribution in [1.29, 1.82) is 0 Å². The number of nitrogens with one attached hydrogen (secondary N) is 1. The van der Waals surface area contributed by atoms with Gasteiger partial charge in [-0.25, -0.2) is 0 Å². The summed E-state index contributed by atoms with van der Waals surface area (Å²) < 4.78 is 0. The smallest absolute Gasteiger partial charge is 0.0587 e. The Morgan fingerprint density at radius 2 is 2.21 bits per heavy atom. The van der Waals surface area contributed by atoms with Crippen molar-refractivity contribution in [3.05, 3.63) is 21.9 Å². The zero-order valence-corrected chi connectivity index (χ0v) is 13.5. The van der Waals surface area contributed by atoms with Crippen molar-refractivity contribution in [2.75, 3.05) is 40.3 Å². The zero-order chi connectivity index (χ0) is 13.8. The molecule has 1 fully saturated rings. The van der Waals surface area contributed by atoms with E-state index in [-0.39, 0.29) is 0 Å². The van der Waals surface area contributed by atoms with Crippen molar-refractivity contribution in [3.63, 3.8) is 0 Å². The SMILES string of the molecule is CCCNC(c1sccc1C)C1CN(C)CCN1C. The molecule has 0 saturated carbocycles. The maximum atomic E-state index is 3.78. The monoisotopic (exact) mass is 281 g/mol. The van der Waals surface area contributed by atoms with Gasteiger partial charge in [0.25, 0.3) is 0 Å². The second-order valence-corrected chi connectivity index (χ2v) is 6.66. The highest BCUT2D eigenvalue weighted by atomic mass is 32.1. The third-order valence-corrected chi connectivity index (χ3v) is 5.18. The van der Waals surface area contributed by atoms with Crippen LogP contribution in [0.1, 0.15) is 29.8 Å². The third-order valence-electron chi connectivity index (χ3n) is 4.08. The van der Waals surface area contributed by atoms with Gasteiger partial charge >= 0.3 is 0 Å². The molecule has 1 aliphatic heterocycles. The van der Waals surface area contributed by atoms with E-state index >= 15 is 0 Å². The lowest BCUT2D eigenvalue weighted by atomic mass is 10.00. The van der Waals surface area contributed by atoms with Crippen LogP contribution in [0.2, 0.25) is 0 Å². The molecule has 0 radical (unpaired) electrons. The van der Waals surface area contributed by atoms with Crippen molar-refractivity contribution in [2.24, 2.45) is 0 Å². The number of likely N-dealkylation sites (N-methyl/N-ethyl adjacent to an activating group) is 2. The molecule has 0 amide bonds. The predicted molar refractivity (Wildman–Crippen MR) is 84.0 cm³/mol. The van der Waals surface area contributed by atoms with Gasteiger partial charge in [0, 0.05) is 30.6 Å². The molecule has 0 aliphatic carbocycles. The van der Waals surface area contributed by atoms with Crippen LogP contribution in [0.25, 0.3) is 0 Å². The minimum Gasteiger partial charge on any atom is -0.308 e. The van der Waals surface area contributed by atoms with Gasteiger partial charge in [-0.2, -0.15) is 0 Å². The van der Waals surface area contributed by atoms with E-state index in [0.717, 1.165) is 19.6 Å². The predicted octanol–water partition coefficient (Wildman–Crippen LogP) is 2.34. The Hall–Kier alpha value is -0.420. The topological polar surface area (TPSA) is 18.5 Å². The Morgan fingerprint density at radius 3 is 2.84 bits per heavy atom. The third kappa shape index (κ3) is 3.57. The van der Waals surface area contributed by atoms with Crippen molar-refractivity contribution >= 4 is 11.3 Å². The molecule has 3 nitrogen and oxygen atoms in total. The summed E-state index contributed by atoms with van der Waals surface area (Å²) >= 11 is 1.90. The molecule has 2 atom stereocenters. The van der Waals surface area contributed by atoms with Crippen molar-refractivity contribution in [1.82, 2.24) is 15.1 Å². The minimum absolute atomic E-state index is 0.465. The van der Waals surface area contributed by atoms with E-state index in [1.165, 1.54) is 23.4 Å². The molecule has 108 valence electrons. The van der Waals surface area contributed by atoms with Gasteiger partial charge in [0.1, 0.15) is 0 Å². The van der Waals surface area contributed by atoms with Gasteiger partial charge in [0.15, 0.2) is 0 Å². The van der Waals surface area contributed by atoms with Crippen LogP contribution in [-0.2, 0) is 0 Å². The van der Waals surface area contributed by atoms with Crippen molar-refractivity contribution < 1.29 is 0 Å². The van der Waals surface area contributed by atoms with Gasteiger partial charge in [-0.05, 0) is 51.0 Å². The van der Waals surface area contributed by atoms with Crippen LogP contribution in [0.4, 0.5) is 0 Å². The number of nitrogens with zero attached hydrogens (tertiary/aromatic N) is 2. The standard InChI is InChI=1S/C15H27N3S/c1-5-7-16-14(15-12(2)6-10-19-15)13-11-17(3)8-9-18(13)4/h6,10,13-14,16H,5,7-9,11H2,1-4H3. The summed E-state index contributed by atoms with van der Waals surface area (Å²) in [6.45, 7) is 9.05. The molecule has 0 spiro atoms. The van der Waals surface area contributed by atoms with E-state index in [2.05, 4.69) is 54.5 Å². The van der Waals surface area contributed by atoms with Gasteiger partial charge in [0.2, 0.25) is 0 Å². The van der Waals surface area contributed by atoms with Crippen molar-refractivity contribution in [3.8, 4) is 0 Å². The molecule has 2 unspecified atom stereocenters. The zero-order valence-electron chi connectivity index (χ0n) is 12.6. The Kier molecular flexibility index (Phi) is 5.39. The lowest BCUT2D eigenvalue weighted by Gasteiger charge is -2.42. The summed E-state index contributed by atoms with van der Waals surface area (Å²) in [6.07, 6.45) is 1.19. The Bertz CT molecular complexity index is 390. The molecule has 2 heterocycles. The molecule has 1 saturated heterocycles. The summed E-state index contributed by atoms with van der Waals surface area (Å²) in [5.41, 5.74) is 1.43. The van der Waals surface area contributed by atoms with Crippen LogP contribution in [0, 0.1) is 6.92 Å². The van der Waals surface area contributed by atoms with Gasteiger partial charge in [-0.3, -0.25) is 4.90 Å². The number of hydrogen-bond acceptors (Lipinski definition) is 4. The van der Waals surface area contributed by atoms with Crippen LogP contribution < -0.4 is 5.32 Å². The first-order valence-electron chi connectivity index (χ1n) is 7.29. The fourth-order valence-corrected chi connectivity index (χ4v) is 3.87. The molecule has 4 heteroatoms. The molecular weight excluding hydrogens is 254 g/mol. The molecule has 1 N–H and O–H groups in total. The molecule has 1 aliphatic rings. The molecule has 1 aromatic rings. The number of hydrogen-bond donors (Lipinski definition) is 1. The summed E-state index contributed by atoms with van der Waals surface area (Å²) in [7, 11) is 4.50. The Balaban J connectivity index is 2.19. The first-order valence-corrected chi connectivity index (χ1v) is 8.17. The van der Waals surface area contributed by atoms with Crippen LogP contribution in [0.3, 0.4) is 0 Å². The number of aryl methyl sites for hydroxylation is 1. The van der Waals surface area contributed by atoms with E-state index in [1.807, 2.05) is 11.3 Å². The summed E-state index contributed by atoms with van der Waals surface area (Å²) in [5, 5.41) is 6.00. The first-order chi connectivity index (χ1) is 9.13. The Labute approximate surface area is 121 Å². The maximum absolute atomic E-state index is 3.78. The molecule has 0 aromatic carbocycles. The highest BCUT2D eigenvalue weighted by Gasteiger charge is 2.31. The van der Waals surface area contributed by atoms with E-state index in [0.29, 0.717) is 12.1 Å². The molecule has 1 aromatic heterocycles. The summed E-state index contributed by atoms with van der Waals surface area (Å²) in [5.74, 6) is 0. The number of thiophene rings is 1. The lowest BCUT2D eigenvalue weighted by Crippen LogP contribution is -2.55. The number of piperazine rings is 1. The van der Waals surface area contributed by atoms with E-state index in [9.17, 15) is 0 Å². The average Bonchev–Trinajstić information content (AvgIpc) is 2.80. The van der Waals surface area contributed by atoms with E-state index in [4.69, 9.17) is 0 Å². The van der Waals surface area contributed by atoms with Gasteiger partial charge in [-0.1, -0.05) is 6.92 Å². The van der Waals surface area contributed by atoms with Gasteiger partial charge in [-0.15, -0.1) is 11.3 Å². The van der Waals surface area contributed by atoms with Gasteiger partial charge in [0.05, 0.1) is 6.04 Å². The second-order valence-electron chi connectivity index (χ2n) is 5.71. The molecule has 19 heavy (non-hydrogen) atoms. The molecular formula is C15H27N3S.